The molecule has 102 valence electrons. The van der Waals surface area contributed by atoms with E-state index >= 15 is 0 Å². The third-order valence-corrected chi connectivity index (χ3v) is 4.21. The number of anilines is 1. The van der Waals surface area contributed by atoms with Crippen LogP contribution in [0.15, 0.2) is 24.3 Å². The van der Waals surface area contributed by atoms with Crippen LogP contribution < -0.4 is 4.90 Å². The highest BCUT2D eigenvalue weighted by Crippen LogP contribution is 2.39. The fraction of sp³-hybridized carbons (Fsp3) is 0.533. The number of piperazine rings is 1. The molecule has 3 rings (SSSR count). The first-order valence-electron chi connectivity index (χ1n) is 6.95. The Morgan fingerprint density at radius 1 is 1.21 bits per heavy atom. The van der Waals surface area contributed by atoms with Crippen LogP contribution in [0.5, 0.6) is 0 Å². The molecule has 1 aliphatic carbocycles. The second kappa shape index (κ2) is 4.83. The van der Waals surface area contributed by atoms with Gasteiger partial charge in [0.1, 0.15) is 5.82 Å². The fourth-order valence-electron chi connectivity index (χ4n) is 2.78. The Kier molecular flexibility index (Phi) is 3.17. The smallest absolute Gasteiger partial charge is 0.226 e. The number of rotatable bonds is 2. The summed E-state index contributed by atoms with van der Waals surface area (Å²) in [7, 11) is 0. The summed E-state index contributed by atoms with van der Waals surface area (Å²) in [6.45, 7) is 4.96. The Balaban J connectivity index is 1.60. The van der Waals surface area contributed by atoms with E-state index in [0.29, 0.717) is 43.7 Å². The van der Waals surface area contributed by atoms with Crippen LogP contribution in [0.4, 0.5) is 10.1 Å². The maximum absolute atomic E-state index is 13.7. The van der Waals surface area contributed by atoms with Gasteiger partial charge in [0.2, 0.25) is 5.91 Å². The number of para-hydroxylation sites is 1. The van der Waals surface area contributed by atoms with Crippen LogP contribution in [0.2, 0.25) is 0 Å². The molecule has 0 radical (unpaired) electrons. The van der Waals surface area contributed by atoms with Gasteiger partial charge < -0.3 is 9.80 Å². The van der Waals surface area contributed by atoms with E-state index in [9.17, 15) is 9.18 Å². The van der Waals surface area contributed by atoms with Crippen molar-refractivity contribution in [2.45, 2.75) is 13.3 Å². The second-order valence-electron chi connectivity index (χ2n) is 5.58. The minimum atomic E-state index is -0.182. The molecule has 1 amide bonds. The zero-order valence-electron chi connectivity index (χ0n) is 11.2. The lowest BCUT2D eigenvalue weighted by Gasteiger charge is -2.36. The van der Waals surface area contributed by atoms with Gasteiger partial charge in [0.25, 0.3) is 0 Å². The summed E-state index contributed by atoms with van der Waals surface area (Å²) < 4.78 is 13.7. The van der Waals surface area contributed by atoms with Gasteiger partial charge in [0.05, 0.1) is 5.69 Å². The predicted octanol–water partition coefficient (Wildman–Crippen LogP) is 2.13. The van der Waals surface area contributed by atoms with Gasteiger partial charge in [0, 0.05) is 32.1 Å². The molecule has 1 aromatic carbocycles. The molecule has 3 nitrogen and oxygen atoms in total. The van der Waals surface area contributed by atoms with E-state index < -0.39 is 0 Å². The predicted molar refractivity (Wildman–Crippen MR) is 72.5 cm³/mol. The van der Waals surface area contributed by atoms with E-state index in [1.54, 1.807) is 12.1 Å². The van der Waals surface area contributed by atoms with Crippen molar-refractivity contribution in [2.75, 3.05) is 31.1 Å². The largest absolute Gasteiger partial charge is 0.366 e. The van der Waals surface area contributed by atoms with E-state index in [1.165, 1.54) is 6.07 Å². The summed E-state index contributed by atoms with van der Waals surface area (Å²) in [5.41, 5.74) is 0.648. The molecule has 4 heteroatoms. The molecule has 19 heavy (non-hydrogen) atoms. The molecule has 0 bridgehead atoms. The van der Waals surface area contributed by atoms with Crippen molar-refractivity contribution in [3.63, 3.8) is 0 Å². The Morgan fingerprint density at radius 3 is 2.42 bits per heavy atom. The van der Waals surface area contributed by atoms with Gasteiger partial charge in [-0.2, -0.15) is 0 Å². The number of carbonyl (C=O) groups is 1. The molecule has 0 spiro atoms. The van der Waals surface area contributed by atoms with Gasteiger partial charge in [-0.25, -0.2) is 4.39 Å². The molecule has 1 saturated heterocycles. The average Bonchev–Trinajstić information content (AvgIpc) is 3.16. The average molecular weight is 262 g/mol. The van der Waals surface area contributed by atoms with Crippen LogP contribution in [-0.4, -0.2) is 37.0 Å². The minimum Gasteiger partial charge on any atom is -0.366 e. The zero-order valence-corrected chi connectivity index (χ0v) is 11.2. The molecule has 1 aliphatic heterocycles. The first-order chi connectivity index (χ1) is 9.16. The number of hydrogen-bond donors (Lipinski definition) is 0. The molecular weight excluding hydrogens is 243 g/mol. The summed E-state index contributed by atoms with van der Waals surface area (Å²) in [6, 6.07) is 6.84. The fourth-order valence-corrected chi connectivity index (χ4v) is 2.78. The van der Waals surface area contributed by atoms with Crippen LogP contribution in [0.1, 0.15) is 13.3 Å². The van der Waals surface area contributed by atoms with Crippen molar-refractivity contribution in [2.24, 2.45) is 11.8 Å². The Hall–Kier alpha value is -1.58. The number of carbonyl (C=O) groups excluding carboxylic acids is 1. The highest BCUT2D eigenvalue weighted by Gasteiger charge is 2.41. The van der Waals surface area contributed by atoms with Crippen LogP contribution in [-0.2, 0) is 4.79 Å². The minimum absolute atomic E-state index is 0.182. The third kappa shape index (κ3) is 2.44. The van der Waals surface area contributed by atoms with Gasteiger partial charge >= 0.3 is 0 Å². The Morgan fingerprint density at radius 2 is 1.84 bits per heavy atom. The Labute approximate surface area is 113 Å². The van der Waals surface area contributed by atoms with E-state index in [4.69, 9.17) is 0 Å². The third-order valence-electron chi connectivity index (χ3n) is 4.21. The molecule has 2 aliphatic rings. The van der Waals surface area contributed by atoms with Gasteiger partial charge in [-0.05, 0) is 24.5 Å². The highest BCUT2D eigenvalue weighted by atomic mass is 19.1. The number of halogens is 1. The summed E-state index contributed by atoms with van der Waals surface area (Å²) in [4.78, 5) is 16.1. The first-order valence-corrected chi connectivity index (χ1v) is 6.95. The van der Waals surface area contributed by atoms with Crippen molar-refractivity contribution in [1.29, 1.82) is 0 Å². The van der Waals surface area contributed by atoms with Crippen molar-refractivity contribution < 1.29 is 9.18 Å². The first kappa shape index (κ1) is 12.5. The number of benzene rings is 1. The summed E-state index contributed by atoms with van der Waals surface area (Å²) >= 11 is 0. The zero-order chi connectivity index (χ0) is 13.4. The van der Waals surface area contributed by atoms with Crippen molar-refractivity contribution >= 4 is 11.6 Å². The van der Waals surface area contributed by atoms with Crippen molar-refractivity contribution in [3.05, 3.63) is 30.1 Å². The molecule has 2 atom stereocenters. The molecular formula is C15H19FN2O. The van der Waals surface area contributed by atoms with E-state index in [2.05, 4.69) is 6.92 Å². The normalized spacial score (nSPS) is 26.4. The molecule has 0 N–H and O–H groups in total. The number of amides is 1. The maximum atomic E-state index is 13.7. The SMILES string of the molecule is C[C@H]1C[C@@H]1C(=O)N1CCN(c2ccccc2F)CC1. The lowest BCUT2D eigenvalue weighted by molar-refractivity contribution is -0.133. The number of hydrogen-bond acceptors (Lipinski definition) is 2. The van der Waals surface area contributed by atoms with E-state index in [-0.39, 0.29) is 11.7 Å². The molecule has 1 saturated carbocycles. The monoisotopic (exact) mass is 262 g/mol. The molecule has 0 aromatic heterocycles. The van der Waals surface area contributed by atoms with Gasteiger partial charge in [-0.1, -0.05) is 19.1 Å². The van der Waals surface area contributed by atoms with Crippen LogP contribution >= 0.6 is 0 Å². The molecule has 0 unspecified atom stereocenters. The highest BCUT2D eigenvalue weighted by molar-refractivity contribution is 5.81. The lowest BCUT2D eigenvalue weighted by atomic mass is 10.2. The summed E-state index contributed by atoms with van der Waals surface area (Å²) in [5, 5.41) is 0. The van der Waals surface area contributed by atoms with Gasteiger partial charge in [-0.15, -0.1) is 0 Å². The van der Waals surface area contributed by atoms with E-state index in [1.807, 2.05) is 15.9 Å². The van der Waals surface area contributed by atoms with Crippen LogP contribution in [0.25, 0.3) is 0 Å². The quantitative estimate of drug-likeness (QED) is 0.815. The number of nitrogens with zero attached hydrogens (tertiary/aromatic N) is 2. The van der Waals surface area contributed by atoms with Crippen molar-refractivity contribution in [1.82, 2.24) is 4.90 Å². The lowest BCUT2D eigenvalue weighted by Crippen LogP contribution is -2.49. The summed E-state index contributed by atoms with van der Waals surface area (Å²) in [6.07, 6.45) is 1.03. The standard InChI is InChI=1S/C15H19FN2O/c1-11-10-12(11)15(19)18-8-6-17(7-9-18)14-5-3-2-4-13(14)16/h2-5,11-12H,6-10H2,1H3/t11-,12-/m0/s1. The summed E-state index contributed by atoms with van der Waals surface area (Å²) in [5.74, 6) is 0.913. The Bertz CT molecular complexity index is 483. The van der Waals surface area contributed by atoms with Gasteiger partial charge in [-0.3, -0.25) is 4.79 Å². The van der Waals surface area contributed by atoms with E-state index in [0.717, 1.165) is 6.42 Å². The van der Waals surface area contributed by atoms with Crippen molar-refractivity contribution in [3.8, 4) is 0 Å². The van der Waals surface area contributed by atoms with Gasteiger partial charge in [0.15, 0.2) is 0 Å². The van der Waals surface area contributed by atoms with Crippen LogP contribution in [0, 0.1) is 17.7 Å². The molecule has 1 heterocycles. The maximum Gasteiger partial charge on any atom is 0.226 e. The van der Waals surface area contributed by atoms with Crippen LogP contribution in [0.3, 0.4) is 0 Å². The topological polar surface area (TPSA) is 23.6 Å². The molecule has 1 aromatic rings. The second-order valence-corrected chi connectivity index (χ2v) is 5.58. The molecule has 2 fully saturated rings.